The number of aromatic nitrogens is 2. The van der Waals surface area contributed by atoms with Gasteiger partial charge in [0.05, 0.1) is 11.3 Å². The van der Waals surface area contributed by atoms with Gasteiger partial charge in [-0.1, -0.05) is 11.6 Å². The smallest absolute Gasteiger partial charge is 0.203 e. The number of ketones is 1. The zero-order chi connectivity index (χ0) is 14.3. The Labute approximate surface area is 121 Å². The second-order valence-electron chi connectivity index (χ2n) is 4.64. The average Bonchev–Trinajstić information content (AvgIpc) is 2.90. The second kappa shape index (κ2) is 4.83. The molecule has 0 amide bonds. The molecule has 1 aliphatic rings. The van der Waals surface area contributed by atoms with Crippen molar-refractivity contribution in [3.05, 3.63) is 40.2 Å². The highest BCUT2D eigenvalue weighted by Crippen LogP contribution is 2.30. The number of nitrogens with zero attached hydrogens (tertiary/aromatic N) is 2. The van der Waals surface area contributed by atoms with Crippen LogP contribution in [0, 0.1) is 6.92 Å². The number of Topliss-reactive ketones (excluding diaryl/α,β-unsaturated/α-hetero) is 1. The van der Waals surface area contributed by atoms with Crippen LogP contribution in [-0.2, 0) is 13.7 Å². The van der Waals surface area contributed by atoms with Gasteiger partial charge >= 0.3 is 0 Å². The monoisotopic (exact) mass is 292 g/mol. The number of hydrogen-bond acceptors (Lipinski definition) is 4. The van der Waals surface area contributed by atoms with Gasteiger partial charge in [0.2, 0.25) is 5.78 Å². The lowest BCUT2D eigenvalue weighted by Crippen LogP contribution is -1.98. The number of rotatable bonds is 3. The lowest BCUT2D eigenvalue weighted by atomic mass is 10.1. The average molecular weight is 293 g/mol. The number of benzene rings is 1. The summed E-state index contributed by atoms with van der Waals surface area (Å²) in [5, 5.41) is 4.79. The lowest BCUT2D eigenvalue weighted by molar-refractivity contribution is 0.0961. The molecular weight excluding hydrogens is 280 g/mol. The third-order valence-corrected chi connectivity index (χ3v) is 3.74. The van der Waals surface area contributed by atoms with Crippen LogP contribution in [0.1, 0.15) is 21.6 Å². The Hall–Kier alpha value is -2.01. The molecule has 0 unspecified atom stereocenters. The van der Waals surface area contributed by atoms with E-state index in [0.717, 1.165) is 11.3 Å². The molecule has 0 atom stereocenters. The molecule has 0 saturated carbocycles. The van der Waals surface area contributed by atoms with E-state index in [1.807, 2.05) is 6.92 Å². The first-order chi connectivity index (χ1) is 9.56. The molecule has 0 spiro atoms. The van der Waals surface area contributed by atoms with Crippen LogP contribution >= 0.6 is 11.6 Å². The van der Waals surface area contributed by atoms with Crippen LogP contribution in [0.5, 0.6) is 11.5 Å². The molecular formula is C14H13ClN2O3. The molecule has 0 bridgehead atoms. The molecule has 0 aliphatic carbocycles. The molecule has 1 aliphatic heterocycles. The van der Waals surface area contributed by atoms with E-state index in [4.69, 9.17) is 21.1 Å². The maximum Gasteiger partial charge on any atom is 0.203 e. The van der Waals surface area contributed by atoms with Crippen molar-refractivity contribution in [1.82, 2.24) is 9.78 Å². The maximum atomic E-state index is 11.5. The number of halogens is 1. The van der Waals surface area contributed by atoms with Crippen LogP contribution in [-0.4, -0.2) is 22.2 Å². The van der Waals surface area contributed by atoms with E-state index >= 15 is 0 Å². The summed E-state index contributed by atoms with van der Waals surface area (Å²) in [6.07, 6.45) is 0. The molecule has 3 rings (SSSR count). The Bertz CT molecular complexity index is 694. The summed E-state index contributed by atoms with van der Waals surface area (Å²) in [4.78, 5) is 11.5. The van der Waals surface area contributed by atoms with Gasteiger partial charge in [-0.3, -0.25) is 9.48 Å². The van der Waals surface area contributed by atoms with E-state index in [0.29, 0.717) is 28.8 Å². The summed E-state index contributed by atoms with van der Waals surface area (Å²) in [5.41, 5.74) is 2.30. The summed E-state index contributed by atoms with van der Waals surface area (Å²) in [7, 11) is 1.79. The number of carbonyl (C=O) groups is 1. The van der Waals surface area contributed by atoms with Crippen LogP contribution in [0.3, 0.4) is 0 Å². The van der Waals surface area contributed by atoms with Crippen LogP contribution in [0.25, 0.3) is 0 Å². The van der Waals surface area contributed by atoms with Crippen LogP contribution < -0.4 is 9.47 Å². The summed E-state index contributed by atoms with van der Waals surface area (Å²) in [6.45, 7) is 2.31. The van der Waals surface area contributed by atoms with Crippen molar-refractivity contribution in [2.45, 2.75) is 13.5 Å². The lowest BCUT2D eigenvalue weighted by Gasteiger charge is -2.07. The molecule has 2 heterocycles. The highest BCUT2D eigenvalue weighted by atomic mass is 35.5. The van der Waals surface area contributed by atoms with Crippen molar-refractivity contribution in [3.8, 4) is 11.5 Å². The fourth-order valence-electron chi connectivity index (χ4n) is 2.16. The van der Waals surface area contributed by atoms with Crippen molar-refractivity contribution < 1.29 is 14.3 Å². The standard InChI is InChI=1S/C14H13ClN2O3/c1-8-11(14(15)17(2)16-8)6-19-9-3-4-10-12(18)7-20-13(10)5-9/h3-5H,6-7H2,1-2H3. The van der Waals surface area contributed by atoms with Gasteiger partial charge in [-0.05, 0) is 19.1 Å². The largest absolute Gasteiger partial charge is 0.489 e. The zero-order valence-corrected chi connectivity index (χ0v) is 11.9. The minimum atomic E-state index is -0.00213. The van der Waals surface area contributed by atoms with E-state index in [2.05, 4.69) is 5.10 Å². The second-order valence-corrected chi connectivity index (χ2v) is 4.99. The summed E-state index contributed by atoms with van der Waals surface area (Å²) >= 11 is 6.14. The molecule has 1 aromatic heterocycles. The van der Waals surface area contributed by atoms with Crippen LogP contribution in [0.2, 0.25) is 5.15 Å². The van der Waals surface area contributed by atoms with E-state index in [-0.39, 0.29) is 12.4 Å². The van der Waals surface area contributed by atoms with Gasteiger partial charge in [-0.15, -0.1) is 0 Å². The third kappa shape index (κ3) is 2.14. The van der Waals surface area contributed by atoms with Gasteiger partial charge in [0.1, 0.15) is 23.3 Å². The van der Waals surface area contributed by atoms with E-state index in [1.165, 1.54) is 0 Å². The van der Waals surface area contributed by atoms with Gasteiger partial charge in [0, 0.05) is 18.7 Å². The van der Waals surface area contributed by atoms with Crippen LogP contribution in [0.4, 0.5) is 0 Å². The number of ether oxygens (including phenoxy) is 2. The zero-order valence-electron chi connectivity index (χ0n) is 11.1. The molecule has 0 N–H and O–H groups in total. The molecule has 6 heteroatoms. The molecule has 1 aromatic carbocycles. The molecule has 0 fully saturated rings. The van der Waals surface area contributed by atoms with Crippen molar-refractivity contribution in [2.24, 2.45) is 7.05 Å². The maximum absolute atomic E-state index is 11.5. The predicted molar refractivity (Wildman–Crippen MR) is 73.6 cm³/mol. The number of aryl methyl sites for hydroxylation is 2. The quantitative estimate of drug-likeness (QED) is 0.872. The van der Waals surface area contributed by atoms with E-state index in [9.17, 15) is 4.79 Å². The minimum absolute atomic E-state index is 0.00213. The summed E-state index contributed by atoms with van der Waals surface area (Å²) in [5.74, 6) is 1.21. The van der Waals surface area contributed by atoms with Crippen LogP contribution in [0.15, 0.2) is 18.2 Å². The summed E-state index contributed by atoms with van der Waals surface area (Å²) < 4.78 is 12.6. The Morgan fingerprint density at radius 3 is 3.00 bits per heavy atom. The SMILES string of the molecule is Cc1nn(C)c(Cl)c1COc1ccc2c(c1)OCC2=O. The topological polar surface area (TPSA) is 53.4 Å². The van der Waals surface area contributed by atoms with Gasteiger partial charge in [-0.2, -0.15) is 5.10 Å². The van der Waals surface area contributed by atoms with E-state index < -0.39 is 0 Å². The Morgan fingerprint density at radius 2 is 2.30 bits per heavy atom. The number of hydrogen-bond donors (Lipinski definition) is 0. The van der Waals surface area contributed by atoms with Crippen molar-refractivity contribution >= 4 is 17.4 Å². The third-order valence-electron chi connectivity index (χ3n) is 3.27. The van der Waals surface area contributed by atoms with Gasteiger partial charge in [-0.25, -0.2) is 0 Å². The predicted octanol–water partition coefficient (Wildman–Crippen LogP) is 2.54. The fourth-order valence-corrected chi connectivity index (χ4v) is 2.39. The van der Waals surface area contributed by atoms with E-state index in [1.54, 1.807) is 29.9 Å². The minimum Gasteiger partial charge on any atom is -0.489 e. The fraction of sp³-hybridized carbons (Fsp3) is 0.286. The Balaban J connectivity index is 1.78. The molecule has 104 valence electrons. The number of carbonyl (C=O) groups excluding carboxylic acids is 1. The Kier molecular flexibility index (Phi) is 3.14. The molecule has 2 aromatic rings. The molecule has 5 nitrogen and oxygen atoms in total. The van der Waals surface area contributed by atoms with Gasteiger partial charge in [0.25, 0.3) is 0 Å². The molecule has 20 heavy (non-hydrogen) atoms. The highest BCUT2D eigenvalue weighted by molar-refractivity contribution is 6.30. The van der Waals surface area contributed by atoms with Gasteiger partial charge < -0.3 is 9.47 Å². The molecule has 0 saturated heterocycles. The number of fused-ring (bicyclic) bond motifs is 1. The van der Waals surface area contributed by atoms with Gasteiger partial charge in [0.15, 0.2) is 6.61 Å². The summed E-state index contributed by atoms with van der Waals surface area (Å²) in [6, 6.07) is 5.20. The first-order valence-electron chi connectivity index (χ1n) is 6.17. The van der Waals surface area contributed by atoms with Crippen molar-refractivity contribution in [2.75, 3.05) is 6.61 Å². The van der Waals surface area contributed by atoms with Crippen molar-refractivity contribution in [1.29, 1.82) is 0 Å². The first kappa shape index (κ1) is 13.0. The normalized spacial score (nSPS) is 13.2. The highest BCUT2D eigenvalue weighted by Gasteiger charge is 2.21. The van der Waals surface area contributed by atoms with Crippen molar-refractivity contribution in [3.63, 3.8) is 0 Å². The first-order valence-corrected chi connectivity index (χ1v) is 6.55. The Morgan fingerprint density at radius 1 is 1.50 bits per heavy atom. The molecule has 0 radical (unpaired) electrons.